The molecule has 2 N–H and O–H groups in total. The lowest BCUT2D eigenvalue weighted by Crippen LogP contribution is -2.54. The van der Waals surface area contributed by atoms with Gasteiger partial charge in [0.25, 0.3) is 0 Å². The molecule has 0 aromatic heterocycles. The van der Waals surface area contributed by atoms with Crippen LogP contribution in [0.2, 0.25) is 0 Å². The van der Waals surface area contributed by atoms with Crippen molar-refractivity contribution in [3.8, 4) is 0 Å². The van der Waals surface area contributed by atoms with Crippen LogP contribution in [0.4, 0.5) is 4.79 Å². The first-order valence-electron chi connectivity index (χ1n) is 5.86. The van der Waals surface area contributed by atoms with Crippen LogP contribution in [-0.2, 0) is 9.53 Å². The molecule has 2 amide bonds. The highest BCUT2D eigenvalue weighted by Gasteiger charge is 2.33. The van der Waals surface area contributed by atoms with Gasteiger partial charge >= 0.3 is 12.0 Å². The van der Waals surface area contributed by atoms with Gasteiger partial charge in [-0.3, -0.25) is 0 Å². The van der Waals surface area contributed by atoms with Crippen LogP contribution in [-0.4, -0.2) is 54.9 Å². The maximum atomic E-state index is 11.9. The number of carbonyl (C=O) groups excluding carboxylic acids is 1. The van der Waals surface area contributed by atoms with Crippen LogP contribution in [0, 0.1) is 5.41 Å². The van der Waals surface area contributed by atoms with Crippen molar-refractivity contribution in [1.29, 1.82) is 0 Å². The van der Waals surface area contributed by atoms with E-state index in [9.17, 15) is 9.59 Å². The molecule has 0 aliphatic rings. The number of carboxylic acids is 1. The topological polar surface area (TPSA) is 78.9 Å². The molecular formula is C12H24N2O4. The Balaban J connectivity index is 4.66. The fourth-order valence-electron chi connectivity index (χ4n) is 1.43. The summed E-state index contributed by atoms with van der Waals surface area (Å²) in [4.78, 5) is 24.5. The number of rotatable bonds is 5. The molecule has 0 aliphatic carbocycles. The Kier molecular flexibility index (Phi) is 6.11. The number of likely N-dealkylation sites (N-methyl/N-ethyl adjacent to an activating group) is 1. The maximum absolute atomic E-state index is 11.9. The summed E-state index contributed by atoms with van der Waals surface area (Å²) in [6, 6.07) is -1.46. The molecule has 0 spiro atoms. The summed E-state index contributed by atoms with van der Waals surface area (Å²) in [5.41, 5.74) is -0.549. The zero-order chi connectivity index (χ0) is 14.5. The van der Waals surface area contributed by atoms with E-state index >= 15 is 0 Å². The van der Waals surface area contributed by atoms with Crippen LogP contribution >= 0.6 is 0 Å². The summed E-state index contributed by atoms with van der Waals surface area (Å²) in [5, 5.41) is 11.7. The van der Waals surface area contributed by atoms with E-state index in [4.69, 9.17) is 9.84 Å². The molecule has 0 saturated heterocycles. The third kappa shape index (κ3) is 4.91. The van der Waals surface area contributed by atoms with Crippen molar-refractivity contribution in [2.24, 2.45) is 5.41 Å². The summed E-state index contributed by atoms with van der Waals surface area (Å²) in [5.74, 6) is -1.04. The summed E-state index contributed by atoms with van der Waals surface area (Å²) in [6.45, 7) is 7.53. The number of amides is 2. The summed E-state index contributed by atoms with van der Waals surface area (Å²) in [7, 11) is 3.16. The van der Waals surface area contributed by atoms with Crippen molar-refractivity contribution < 1.29 is 19.4 Å². The van der Waals surface area contributed by atoms with Gasteiger partial charge in [0.15, 0.2) is 0 Å². The van der Waals surface area contributed by atoms with Gasteiger partial charge in [-0.1, -0.05) is 20.8 Å². The first-order valence-corrected chi connectivity index (χ1v) is 5.86. The second kappa shape index (κ2) is 6.58. The Labute approximate surface area is 108 Å². The first-order chi connectivity index (χ1) is 8.11. The van der Waals surface area contributed by atoms with Crippen molar-refractivity contribution in [3.63, 3.8) is 0 Å². The highest BCUT2D eigenvalue weighted by atomic mass is 16.5. The molecule has 0 aromatic carbocycles. The van der Waals surface area contributed by atoms with Crippen LogP contribution in [0.5, 0.6) is 0 Å². The molecule has 0 saturated carbocycles. The Bertz CT molecular complexity index is 299. The van der Waals surface area contributed by atoms with Crippen LogP contribution in [0.25, 0.3) is 0 Å². The molecule has 0 fully saturated rings. The molecule has 0 rings (SSSR count). The van der Waals surface area contributed by atoms with Gasteiger partial charge in [-0.2, -0.15) is 0 Å². The number of aliphatic carboxylic acids is 1. The highest BCUT2D eigenvalue weighted by Crippen LogP contribution is 2.19. The number of urea groups is 1. The molecule has 0 bridgehead atoms. The number of hydrogen-bond acceptors (Lipinski definition) is 3. The van der Waals surface area contributed by atoms with Gasteiger partial charge in [0.1, 0.15) is 6.04 Å². The lowest BCUT2D eigenvalue weighted by molar-refractivity contribution is -0.142. The Morgan fingerprint density at radius 1 is 1.39 bits per heavy atom. The zero-order valence-corrected chi connectivity index (χ0v) is 12.0. The third-order valence-electron chi connectivity index (χ3n) is 2.77. The van der Waals surface area contributed by atoms with E-state index in [0.29, 0.717) is 6.61 Å². The van der Waals surface area contributed by atoms with Crippen LogP contribution in [0.1, 0.15) is 27.7 Å². The smallest absolute Gasteiger partial charge is 0.326 e. The molecule has 0 radical (unpaired) electrons. The number of nitrogens with zero attached hydrogens (tertiary/aromatic N) is 1. The van der Waals surface area contributed by atoms with Gasteiger partial charge in [0, 0.05) is 14.2 Å². The quantitative estimate of drug-likeness (QED) is 0.777. The number of ether oxygens (including phenoxy) is 1. The lowest BCUT2D eigenvalue weighted by Gasteiger charge is -2.31. The van der Waals surface area contributed by atoms with E-state index < -0.39 is 23.5 Å². The maximum Gasteiger partial charge on any atom is 0.326 e. The van der Waals surface area contributed by atoms with Crippen molar-refractivity contribution in [2.75, 3.05) is 20.8 Å². The van der Waals surface area contributed by atoms with E-state index in [1.54, 1.807) is 34.9 Å². The Morgan fingerprint density at radius 2 is 1.89 bits per heavy atom. The van der Waals surface area contributed by atoms with Gasteiger partial charge < -0.3 is 20.1 Å². The minimum Gasteiger partial charge on any atom is -0.480 e. The number of hydrogen-bond donors (Lipinski definition) is 2. The van der Waals surface area contributed by atoms with Crippen LogP contribution in [0.3, 0.4) is 0 Å². The molecular weight excluding hydrogens is 236 g/mol. The SMILES string of the molecule is COCC(C)N(C)C(=O)NC(C(=O)O)C(C)(C)C. The molecule has 6 heteroatoms. The average molecular weight is 260 g/mol. The molecule has 2 atom stereocenters. The minimum atomic E-state index is -1.04. The van der Waals surface area contributed by atoms with Crippen LogP contribution < -0.4 is 5.32 Å². The second-order valence-electron chi connectivity index (χ2n) is 5.50. The number of nitrogens with one attached hydrogen (secondary N) is 1. The number of carboxylic acid groups (broad SMARTS) is 1. The average Bonchev–Trinajstić information content (AvgIpc) is 2.22. The number of carbonyl (C=O) groups is 2. The van der Waals surface area contributed by atoms with Crippen molar-refractivity contribution in [1.82, 2.24) is 10.2 Å². The van der Waals surface area contributed by atoms with Gasteiger partial charge in [-0.25, -0.2) is 9.59 Å². The fraction of sp³-hybridized carbons (Fsp3) is 0.833. The molecule has 18 heavy (non-hydrogen) atoms. The molecule has 6 nitrogen and oxygen atoms in total. The molecule has 2 unspecified atom stereocenters. The van der Waals surface area contributed by atoms with E-state index in [1.165, 1.54) is 4.90 Å². The normalized spacial score (nSPS) is 14.8. The summed E-state index contributed by atoms with van der Waals surface area (Å²) in [6.07, 6.45) is 0. The molecule has 0 aliphatic heterocycles. The van der Waals surface area contributed by atoms with Gasteiger partial charge in [-0.15, -0.1) is 0 Å². The predicted molar refractivity (Wildman–Crippen MR) is 68.5 cm³/mol. The molecule has 0 heterocycles. The Hall–Kier alpha value is -1.30. The standard InChI is InChI=1S/C12H24N2O4/c1-8(7-18-6)14(5)11(17)13-9(10(15)16)12(2,3)4/h8-9H,7H2,1-6H3,(H,13,17)(H,15,16). The van der Waals surface area contributed by atoms with Gasteiger partial charge in [0.2, 0.25) is 0 Å². The van der Waals surface area contributed by atoms with Gasteiger partial charge in [-0.05, 0) is 12.3 Å². The Morgan fingerprint density at radius 3 is 2.22 bits per heavy atom. The third-order valence-corrected chi connectivity index (χ3v) is 2.77. The van der Waals surface area contributed by atoms with Crippen molar-refractivity contribution in [3.05, 3.63) is 0 Å². The molecule has 106 valence electrons. The van der Waals surface area contributed by atoms with Crippen molar-refractivity contribution in [2.45, 2.75) is 39.8 Å². The predicted octanol–water partition coefficient (Wildman–Crippen LogP) is 1.16. The van der Waals surface area contributed by atoms with E-state index in [2.05, 4.69) is 5.32 Å². The fourth-order valence-corrected chi connectivity index (χ4v) is 1.43. The van der Waals surface area contributed by atoms with E-state index in [1.807, 2.05) is 6.92 Å². The zero-order valence-electron chi connectivity index (χ0n) is 12.0. The van der Waals surface area contributed by atoms with E-state index in [-0.39, 0.29) is 6.04 Å². The van der Waals surface area contributed by atoms with E-state index in [0.717, 1.165) is 0 Å². The largest absolute Gasteiger partial charge is 0.480 e. The minimum absolute atomic E-state index is 0.121. The summed E-state index contributed by atoms with van der Waals surface area (Å²) >= 11 is 0. The van der Waals surface area contributed by atoms with Crippen molar-refractivity contribution >= 4 is 12.0 Å². The lowest BCUT2D eigenvalue weighted by atomic mass is 9.87. The highest BCUT2D eigenvalue weighted by molar-refractivity contribution is 5.83. The molecule has 0 aromatic rings. The number of methoxy groups -OCH3 is 1. The van der Waals surface area contributed by atoms with Gasteiger partial charge in [0.05, 0.1) is 12.6 Å². The first kappa shape index (κ1) is 16.7. The van der Waals surface area contributed by atoms with Crippen LogP contribution in [0.15, 0.2) is 0 Å². The monoisotopic (exact) mass is 260 g/mol. The second-order valence-corrected chi connectivity index (χ2v) is 5.50. The summed E-state index contributed by atoms with van der Waals surface area (Å²) < 4.78 is 4.96.